The highest BCUT2D eigenvalue weighted by Crippen LogP contribution is 2.32. The monoisotopic (exact) mass is 236 g/mol. The Bertz CT molecular complexity index is 408. The third kappa shape index (κ3) is 3.40. The molecular formula is C13H20N2O2. The first-order valence-corrected chi connectivity index (χ1v) is 6.47. The predicted molar refractivity (Wildman–Crippen MR) is 66.0 cm³/mol. The van der Waals surface area contributed by atoms with E-state index < -0.39 is 0 Å². The Morgan fingerprint density at radius 1 is 1.47 bits per heavy atom. The van der Waals surface area contributed by atoms with Crippen LogP contribution in [0.25, 0.3) is 0 Å². The largest absolute Gasteiger partial charge is 0.374 e. The maximum atomic E-state index is 11.5. The summed E-state index contributed by atoms with van der Waals surface area (Å²) in [6.45, 7) is 3.17. The summed E-state index contributed by atoms with van der Waals surface area (Å²) in [4.78, 5) is 18.8. The van der Waals surface area contributed by atoms with Crippen LogP contribution in [0.4, 0.5) is 0 Å². The van der Waals surface area contributed by atoms with Crippen LogP contribution in [-0.2, 0) is 11.3 Å². The summed E-state index contributed by atoms with van der Waals surface area (Å²) < 4.78 is 5.41. The maximum Gasteiger partial charge on any atom is 0.251 e. The number of aromatic amines is 1. The van der Waals surface area contributed by atoms with Crippen molar-refractivity contribution in [1.29, 1.82) is 0 Å². The molecule has 1 aliphatic carbocycles. The lowest BCUT2D eigenvalue weighted by Crippen LogP contribution is -2.15. The van der Waals surface area contributed by atoms with Crippen molar-refractivity contribution < 1.29 is 4.74 Å². The summed E-state index contributed by atoms with van der Waals surface area (Å²) >= 11 is 0. The Morgan fingerprint density at radius 3 is 2.94 bits per heavy atom. The lowest BCUT2D eigenvalue weighted by Gasteiger charge is -2.09. The number of hydrogen-bond acceptors (Lipinski definition) is 3. The Hall–Kier alpha value is -1.16. The number of aromatic nitrogens is 2. The molecule has 1 N–H and O–H groups in total. The van der Waals surface area contributed by atoms with E-state index in [2.05, 4.69) is 16.9 Å². The Labute approximate surface area is 101 Å². The van der Waals surface area contributed by atoms with Gasteiger partial charge in [0.15, 0.2) is 0 Å². The third-order valence-corrected chi connectivity index (χ3v) is 3.17. The molecule has 0 aromatic carbocycles. The minimum absolute atomic E-state index is 0.0583. The van der Waals surface area contributed by atoms with E-state index in [0.717, 1.165) is 25.0 Å². The lowest BCUT2D eigenvalue weighted by molar-refractivity contribution is 0.115. The Balaban J connectivity index is 2.08. The van der Waals surface area contributed by atoms with Crippen LogP contribution in [0.15, 0.2) is 10.9 Å². The van der Waals surface area contributed by atoms with Gasteiger partial charge in [0.2, 0.25) is 0 Å². The fourth-order valence-corrected chi connectivity index (χ4v) is 2.34. The average molecular weight is 236 g/mol. The molecule has 4 nitrogen and oxygen atoms in total. The van der Waals surface area contributed by atoms with Gasteiger partial charge in [-0.2, -0.15) is 0 Å². The van der Waals surface area contributed by atoms with Crippen molar-refractivity contribution in [3.8, 4) is 0 Å². The first-order valence-electron chi connectivity index (χ1n) is 6.47. The van der Waals surface area contributed by atoms with Gasteiger partial charge in [-0.3, -0.25) is 4.79 Å². The Kier molecular flexibility index (Phi) is 4.31. The van der Waals surface area contributed by atoms with Crippen LogP contribution in [0, 0.1) is 0 Å². The van der Waals surface area contributed by atoms with Crippen molar-refractivity contribution in [3.05, 3.63) is 27.9 Å². The average Bonchev–Trinajstić information content (AvgIpc) is 2.82. The van der Waals surface area contributed by atoms with Crippen molar-refractivity contribution in [3.63, 3.8) is 0 Å². The molecule has 1 heterocycles. The van der Waals surface area contributed by atoms with E-state index in [1.54, 1.807) is 6.07 Å². The second-order valence-electron chi connectivity index (χ2n) is 4.65. The molecule has 0 bridgehead atoms. The molecular weight excluding hydrogens is 216 g/mol. The van der Waals surface area contributed by atoms with E-state index >= 15 is 0 Å². The van der Waals surface area contributed by atoms with Crippen LogP contribution >= 0.6 is 0 Å². The van der Waals surface area contributed by atoms with Crippen molar-refractivity contribution in [2.45, 2.75) is 51.6 Å². The zero-order valence-corrected chi connectivity index (χ0v) is 10.4. The summed E-state index contributed by atoms with van der Waals surface area (Å²) in [5, 5.41) is 0. The number of H-pyrrole nitrogens is 1. The molecule has 2 rings (SSSR count). The molecule has 0 amide bonds. The van der Waals surface area contributed by atoms with Crippen molar-refractivity contribution >= 4 is 0 Å². The van der Waals surface area contributed by atoms with Crippen LogP contribution in [0.2, 0.25) is 0 Å². The van der Waals surface area contributed by atoms with Crippen molar-refractivity contribution in [2.75, 3.05) is 6.61 Å². The molecule has 1 aromatic rings. The third-order valence-electron chi connectivity index (χ3n) is 3.17. The summed E-state index contributed by atoms with van der Waals surface area (Å²) in [6.07, 6.45) is 5.80. The normalized spacial score (nSPS) is 16.5. The van der Waals surface area contributed by atoms with Crippen LogP contribution in [-0.4, -0.2) is 16.6 Å². The number of nitrogens with one attached hydrogen (secondary N) is 1. The summed E-state index contributed by atoms with van der Waals surface area (Å²) in [5.41, 5.74) is 0.887. The fraction of sp³-hybridized carbons (Fsp3) is 0.692. The quantitative estimate of drug-likeness (QED) is 0.798. The zero-order chi connectivity index (χ0) is 12.1. The molecule has 1 aliphatic rings. The van der Waals surface area contributed by atoms with E-state index in [9.17, 15) is 4.79 Å². The molecule has 94 valence electrons. The maximum absolute atomic E-state index is 11.5. The summed E-state index contributed by atoms with van der Waals surface area (Å²) in [6, 6.07) is 1.64. The first kappa shape index (κ1) is 12.3. The zero-order valence-electron chi connectivity index (χ0n) is 10.4. The van der Waals surface area contributed by atoms with Gasteiger partial charge in [0, 0.05) is 18.6 Å². The highest BCUT2D eigenvalue weighted by Gasteiger charge is 2.19. The predicted octanol–water partition coefficient (Wildman–Crippen LogP) is 2.35. The van der Waals surface area contributed by atoms with E-state index in [4.69, 9.17) is 4.74 Å². The van der Waals surface area contributed by atoms with Crippen LogP contribution < -0.4 is 5.56 Å². The number of nitrogens with zero attached hydrogens (tertiary/aromatic N) is 1. The summed E-state index contributed by atoms with van der Waals surface area (Å²) in [5.74, 6) is 1.13. The van der Waals surface area contributed by atoms with Gasteiger partial charge in [-0.05, 0) is 19.3 Å². The van der Waals surface area contributed by atoms with E-state index in [1.165, 1.54) is 12.8 Å². The smallest absolute Gasteiger partial charge is 0.251 e. The van der Waals surface area contributed by atoms with Gasteiger partial charge in [0.05, 0.1) is 5.69 Å². The minimum Gasteiger partial charge on any atom is -0.374 e. The van der Waals surface area contributed by atoms with Gasteiger partial charge >= 0.3 is 0 Å². The van der Waals surface area contributed by atoms with Gasteiger partial charge in [-0.15, -0.1) is 0 Å². The molecule has 4 heteroatoms. The number of hydrogen-bond donors (Lipinski definition) is 1. The lowest BCUT2D eigenvalue weighted by atomic mass is 10.0. The number of rotatable bonds is 5. The van der Waals surface area contributed by atoms with E-state index in [-0.39, 0.29) is 5.56 Å². The van der Waals surface area contributed by atoms with Gasteiger partial charge < -0.3 is 9.72 Å². The molecule has 0 aliphatic heterocycles. The molecule has 0 radical (unpaired) electrons. The Morgan fingerprint density at radius 2 is 2.24 bits per heavy atom. The highest BCUT2D eigenvalue weighted by molar-refractivity contribution is 5.10. The van der Waals surface area contributed by atoms with Gasteiger partial charge in [0.25, 0.3) is 5.56 Å². The van der Waals surface area contributed by atoms with E-state index in [0.29, 0.717) is 25.0 Å². The van der Waals surface area contributed by atoms with Gasteiger partial charge in [-0.1, -0.05) is 19.8 Å². The van der Waals surface area contributed by atoms with Gasteiger partial charge in [0.1, 0.15) is 12.4 Å². The van der Waals surface area contributed by atoms with Gasteiger partial charge in [-0.25, -0.2) is 4.98 Å². The second kappa shape index (κ2) is 5.96. The molecule has 0 unspecified atom stereocenters. The molecule has 17 heavy (non-hydrogen) atoms. The molecule has 0 saturated heterocycles. The first-order chi connectivity index (χ1) is 8.29. The highest BCUT2D eigenvalue weighted by atomic mass is 16.5. The van der Waals surface area contributed by atoms with E-state index in [1.807, 2.05) is 0 Å². The van der Waals surface area contributed by atoms with Crippen molar-refractivity contribution in [2.24, 2.45) is 0 Å². The van der Waals surface area contributed by atoms with Crippen LogP contribution in [0.3, 0.4) is 0 Å². The topological polar surface area (TPSA) is 55.0 Å². The summed E-state index contributed by atoms with van der Waals surface area (Å²) in [7, 11) is 0. The van der Waals surface area contributed by atoms with Crippen LogP contribution in [0.1, 0.15) is 56.5 Å². The molecule has 1 fully saturated rings. The van der Waals surface area contributed by atoms with Crippen LogP contribution in [0.5, 0.6) is 0 Å². The number of ether oxygens (including phenoxy) is 1. The molecule has 0 atom stereocenters. The molecule has 1 saturated carbocycles. The molecule has 1 aromatic heterocycles. The SMILES string of the molecule is CCCOCc1nc(C2CCCC2)cc(=O)[nH]1. The standard InChI is InChI=1S/C13H20N2O2/c1-2-7-17-9-12-14-11(8-13(16)15-12)10-5-3-4-6-10/h8,10H,2-7,9H2,1H3,(H,14,15,16). The second-order valence-corrected chi connectivity index (χ2v) is 4.65. The van der Waals surface area contributed by atoms with Crippen molar-refractivity contribution in [1.82, 2.24) is 9.97 Å². The molecule has 0 spiro atoms. The minimum atomic E-state index is -0.0583. The fourth-order valence-electron chi connectivity index (χ4n) is 2.34.